The van der Waals surface area contributed by atoms with E-state index < -0.39 is 18.0 Å². The van der Waals surface area contributed by atoms with Crippen LogP contribution in [-0.2, 0) is 19.1 Å². The highest BCUT2D eigenvalue weighted by Crippen LogP contribution is 2.14. The molecule has 1 aromatic rings. The van der Waals surface area contributed by atoms with E-state index in [0.29, 0.717) is 6.61 Å². The number of rotatable bonds is 12. The minimum atomic E-state index is -1.05. The lowest BCUT2D eigenvalue weighted by Crippen LogP contribution is -2.26. The van der Waals surface area contributed by atoms with Crippen LogP contribution in [0.1, 0.15) is 45.6 Å². The first-order chi connectivity index (χ1) is 12.9. The van der Waals surface area contributed by atoms with E-state index >= 15 is 0 Å². The van der Waals surface area contributed by atoms with Crippen LogP contribution in [0.3, 0.4) is 0 Å². The van der Waals surface area contributed by atoms with Gasteiger partial charge in [-0.05, 0) is 30.2 Å². The van der Waals surface area contributed by atoms with Crippen molar-refractivity contribution >= 4 is 18.0 Å². The lowest BCUT2D eigenvalue weighted by atomic mass is 10.2. The number of carbonyl (C=O) groups excluding carboxylic acids is 2. The van der Waals surface area contributed by atoms with Gasteiger partial charge < -0.3 is 19.3 Å². The zero-order valence-corrected chi connectivity index (χ0v) is 16.3. The van der Waals surface area contributed by atoms with Crippen molar-refractivity contribution in [1.82, 2.24) is 0 Å². The van der Waals surface area contributed by atoms with Gasteiger partial charge in [-0.1, -0.05) is 45.7 Å². The molecule has 1 unspecified atom stereocenters. The molecule has 6 heteroatoms. The molecule has 0 saturated carbocycles. The summed E-state index contributed by atoms with van der Waals surface area (Å²) in [5, 5.41) is 9.66. The highest BCUT2D eigenvalue weighted by atomic mass is 16.6. The van der Waals surface area contributed by atoms with E-state index in [4.69, 9.17) is 14.2 Å². The van der Waals surface area contributed by atoms with Gasteiger partial charge in [0.25, 0.3) is 0 Å². The number of aliphatic hydroxyl groups is 1. The van der Waals surface area contributed by atoms with Crippen molar-refractivity contribution in [2.75, 3.05) is 19.8 Å². The van der Waals surface area contributed by atoms with Gasteiger partial charge in [0.2, 0.25) is 0 Å². The number of ether oxygens (including phenoxy) is 3. The Balaban J connectivity index is 2.30. The third-order valence-electron chi connectivity index (χ3n) is 3.62. The normalized spacial score (nSPS) is 12.2. The summed E-state index contributed by atoms with van der Waals surface area (Å²) in [6, 6.07) is 7.39. The van der Waals surface area contributed by atoms with Crippen molar-refractivity contribution in [3.8, 4) is 5.75 Å². The second-order valence-corrected chi connectivity index (χ2v) is 6.53. The first-order valence-corrected chi connectivity index (χ1v) is 9.34. The summed E-state index contributed by atoms with van der Waals surface area (Å²) in [7, 11) is 0. The quantitative estimate of drug-likeness (QED) is 0.341. The van der Waals surface area contributed by atoms with Crippen molar-refractivity contribution in [3.63, 3.8) is 0 Å². The predicted octanol–water partition coefficient (Wildman–Crippen LogP) is 3.37. The molecule has 0 aromatic heterocycles. The molecule has 1 rings (SSSR count). The average Bonchev–Trinajstić information content (AvgIpc) is 2.66. The van der Waals surface area contributed by atoms with Crippen LogP contribution in [0.5, 0.6) is 5.75 Å². The molecule has 0 radical (unpaired) electrons. The summed E-state index contributed by atoms with van der Waals surface area (Å²) in [5.41, 5.74) is 0.833. The Hall–Kier alpha value is -2.34. The molecule has 0 heterocycles. The Labute approximate surface area is 161 Å². The Morgan fingerprint density at radius 3 is 2.37 bits per heavy atom. The molecule has 0 spiro atoms. The number of benzene rings is 1. The zero-order valence-electron chi connectivity index (χ0n) is 16.3. The molecule has 6 nitrogen and oxygen atoms in total. The maximum atomic E-state index is 11.7. The Morgan fingerprint density at radius 2 is 1.74 bits per heavy atom. The molecule has 0 saturated heterocycles. The lowest BCUT2D eigenvalue weighted by Gasteiger charge is -2.12. The molecule has 0 aliphatic heterocycles. The van der Waals surface area contributed by atoms with Crippen LogP contribution in [-0.4, -0.2) is 43.0 Å². The van der Waals surface area contributed by atoms with Crippen molar-refractivity contribution in [1.29, 1.82) is 0 Å². The van der Waals surface area contributed by atoms with Gasteiger partial charge in [0.1, 0.15) is 25.1 Å². The number of hydrogen-bond donors (Lipinski definition) is 1. The molecule has 0 aliphatic rings. The van der Waals surface area contributed by atoms with Gasteiger partial charge in [-0.3, -0.25) is 4.79 Å². The highest BCUT2D eigenvalue weighted by Gasteiger charge is 2.13. The molecular formula is C21H30O6. The van der Waals surface area contributed by atoms with Crippen LogP contribution in [0, 0.1) is 5.92 Å². The smallest absolute Gasteiger partial charge is 0.330 e. The standard InChI is InChI=1S/C21H30O6/c1-4-5-6-13-25-19-10-7-17(8-11-19)9-12-20(23)26-14-18(22)15-27-21(24)16(2)3/h7-12,16,18,22H,4-6,13-15H2,1-3H3/b12-9+. The molecule has 0 fully saturated rings. The molecule has 1 aromatic carbocycles. The summed E-state index contributed by atoms with van der Waals surface area (Å²) >= 11 is 0. The number of aliphatic hydroxyl groups excluding tert-OH is 1. The first kappa shape index (κ1) is 22.7. The Kier molecular flexibility index (Phi) is 10.9. The van der Waals surface area contributed by atoms with Crippen molar-refractivity contribution in [3.05, 3.63) is 35.9 Å². The zero-order chi connectivity index (χ0) is 20.1. The van der Waals surface area contributed by atoms with Crippen LogP contribution in [0.2, 0.25) is 0 Å². The minimum Gasteiger partial charge on any atom is -0.494 e. The molecule has 150 valence electrons. The molecule has 1 atom stereocenters. The fourth-order valence-corrected chi connectivity index (χ4v) is 2.00. The highest BCUT2D eigenvalue weighted by molar-refractivity contribution is 5.87. The van der Waals surface area contributed by atoms with E-state index in [1.165, 1.54) is 6.08 Å². The van der Waals surface area contributed by atoms with E-state index in [1.807, 2.05) is 24.3 Å². The van der Waals surface area contributed by atoms with Gasteiger partial charge in [0, 0.05) is 6.08 Å². The largest absolute Gasteiger partial charge is 0.494 e. The molecule has 0 bridgehead atoms. The fraction of sp³-hybridized carbons (Fsp3) is 0.524. The van der Waals surface area contributed by atoms with E-state index in [1.54, 1.807) is 19.9 Å². The topological polar surface area (TPSA) is 82.1 Å². The van der Waals surface area contributed by atoms with Gasteiger partial charge in [0.05, 0.1) is 12.5 Å². The molecule has 1 N–H and O–H groups in total. The van der Waals surface area contributed by atoms with Crippen LogP contribution in [0.4, 0.5) is 0 Å². The molecule has 27 heavy (non-hydrogen) atoms. The minimum absolute atomic E-state index is 0.201. The van der Waals surface area contributed by atoms with Gasteiger partial charge in [-0.2, -0.15) is 0 Å². The summed E-state index contributed by atoms with van der Waals surface area (Å²) in [6.07, 6.45) is 5.19. The van der Waals surface area contributed by atoms with Gasteiger partial charge >= 0.3 is 11.9 Å². The number of hydrogen-bond acceptors (Lipinski definition) is 6. The second kappa shape index (κ2) is 12.9. The average molecular weight is 378 g/mol. The maximum absolute atomic E-state index is 11.7. The van der Waals surface area contributed by atoms with Crippen molar-refractivity contribution in [2.24, 2.45) is 5.92 Å². The third-order valence-corrected chi connectivity index (χ3v) is 3.62. The summed E-state index contributed by atoms with van der Waals surface area (Å²) in [4.78, 5) is 23.0. The van der Waals surface area contributed by atoms with Crippen LogP contribution in [0.25, 0.3) is 6.08 Å². The lowest BCUT2D eigenvalue weighted by molar-refractivity contribution is -0.153. The third kappa shape index (κ3) is 10.4. The Morgan fingerprint density at radius 1 is 1.07 bits per heavy atom. The molecule has 0 aliphatic carbocycles. The van der Waals surface area contributed by atoms with Gasteiger partial charge in [0.15, 0.2) is 0 Å². The summed E-state index contributed by atoms with van der Waals surface area (Å²) < 4.78 is 15.4. The fourth-order valence-electron chi connectivity index (χ4n) is 2.00. The monoisotopic (exact) mass is 378 g/mol. The van der Waals surface area contributed by atoms with Gasteiger partial charge in [-0.25, -0.2) is 4.79 Å². The van der Waals surface area contributed by atoms with E-state index in [0.717, 1.165) is 30.6 Å². The summed E-state index contributed by atoms with van der Waals surface area (Å²) in [5.74, 6) is -0.456. The first-order valence-electron chi connectivity index (χ1n) is 9.34. The molecule has 0 amide bonds. The number of esters is 2. The molecular weight excluding hydrogens is 348 g/mol. The Bertz CT molecular complexity index is 591. The number of carbonyl (C=O) groups is 2. The maximum Gasteiger partial charge on any atom is 0.330 e. The van der Waals surface area contributed by atoms with E-state index in [-0.39, 0.29) is 19.1 Å². The summed E-state index contributed by atoms with van der Waals surface area (Å²) in [6.45, 7) is 5.81. The van der Waals surface area contributed by atoms with Gasteiger partial charge in [-0.15, -0.1) is 0 Å². The SMILES string of the molecule is CCCCCOc1ccc(/C=C/C(=O)OCC(O)COC(=O)C(C)C)cc1. The van der Waals surface area contributed by atoms with Crippen molar-refractivity contribution < 1.29 is 28.9 Å². The second-order valence-electron chi connectivity index (χ2n) is 6.53. The predicted molar refractivity (Wildman–Crippen MR) is 103 cm³/mol. The number of unbranched alkanes of at least 4 members (excludes halogenated alkanes) is 2. The van der Waals surface area contributed by atoms with E-state index in [2.05, 4.69) is 6.92 Å². The van der Waals surface area contributed by atoms with Crippen LogP contribution in [0.15, 0.2) is 30.3 Å². The van der Waals surface area contributed by atoms with Crippen LogP contribution < -0.4 is 4.74 Å². The van der Waals surface area contributed by atoms with Crippen molar-refractivity contribution in [2.45, 2.75) is 46.1 Å². The van der Waals surface area contributed by atoms with E-state index in [9.17, 15) is 14.7 Å². The van der Waals surface area contributed by atoms with Crippen LogP contribution >= 0.6 is 0 Å².